The van der Waals surface area contributed by atoms with Crippen molar-refractivity contribution in [1.82, 2.24) is 0 Å². The first-order chi connectivity index (χ1) is 13.0. The normalized spacial score (nSPS) is 12.4. The third kappa shape index (κ3) is 7.02. The van der Waals surface area contributed by atoms with Gasteiger partial charge >= 0.3 is 11.9 Å². The predicted octanol–water partition coefficient (Wildman–Crippen LogP) is 0.104. The summed E-state index contributed by atoms with van der Waals surface area (Å²) in [6, 6.07) is 6.18. The zero-order valence-corrected chi connectivity index (χ0v) is 14.7. The van der Waals surface area contributed by atoms with Gasteiger partial charge in [0.25, 0.3) is 0 Å². The summed E-state index contributed by atoms with van der Waals surface area (Å²) in [5.41, 5.74) is 11.7. The summed E-state index contributed by atoms with van der Waals surface area (Å²) >= 11 is 0. The van der Waals surface area contributed by atoms with Crippen molar-refractivity contribution in [3.8, 4) is 23.0 Å². The number of nitrogens with two attached hydrogens (primary N) is 2. The molecular weight excluding hydrogens is 372 g/mol. The van der Waals surface area contributed by atoms with Crippen molar-refractivity contribution in [2.75, 3.05) is 0 Å². The highest BCUT2D eigenvalue weighted by Gasteiger charge is 2.13. The van der Waals surface area contributed by atoms with Crippen molar-refractivity contribution in [1.29, 1.82) is 0 Å². The van der Waals surface area contributed by atoms with Crippen molar-refractivity contribution in [2.24, 2.45) is 11.5 Å². The van der Waals surface area contributed by atoms with E-state index >= 15 is 0 Å². The van der Waals surface area contributed by atoms with E-state index in [1.165, 1.54) is 36.4 Å². The smallest absolute Gasteiger partial charge is 0.320 e. The van der Waals surface area contributed by atoms with Crippen LogP contribution < -0.4 is 11.5 Å². The quantitative estimate of drug-likeness (QED) is 0.310. The fraction of sp³-hybridized carbons (Fsp3) is 0.222. The monoisotopic (exact) mass is 394 g/mol. The maximum Gasteiger partial charge on any atom is 0.320 e. The molecule has 152 valence electrons. The van der Waals surface area contributed by atoms with Crippen LogP contribution in [0.25, 0.3) is 0 Å². The second-order valence-electron chi connectivity index (χ2n) is 5.94. The molecule has 0 saturated heterocycles. The summed E-state index contributed by atoms with van der Waals surface area (Å²) in [7, 11) is 0. The molecule has 0 amide bonds. The maximum atomic E-state index is 10.4. The number of carboxylic acids is 2. The van der Waals surface area contributed by atoms with Crippen molar-refractivity contribution >= 4 is 11.9 Å². The van der Waals surface area contributed by atoms with Gasteiger partial charge in [-0.05, 0) is 48.2 Å². The highest BCUT2D eigenvalue weighted by atomic mass is 16.4. The van der Waals surface area contributed by atoms with Gasteiger partial charge in [-0.2, -0.15) is 0 Å². The first-order valence-electron chi connectivity index (χ1n) is 7.99. The van der Waals surface area contributed by atoms with Crippen molar-refractivity contribution in [3.05, 3.63) is 47.5 Å². The molecule has 0 heterocycles. The molecule has 10 heteroatoms. The largest absolute Gasteiger partial charge is 0.504 e. The number of benzene rings is 2. The lowest BCUT2D eigenvalue weighted by Crippen LogP contribution is -2.32. The summed E-state index contributed by atoms with van der Waals surface area (Å²) < 4.78 is 0. The Kier molecular flexibility index (Phi) is 8.05. The molecule has 28 heavy (non-hydrogen) atoms. The molecule has 0 aliphatic rings. The molecule has 0 aliphatic heterocycles. The number of aliphatic carboxylic acids is 2. The zero-order chi connectivity index (χ0) is 21.4. The fourth-order valence-corrected chi connectivity index (χ4v) is 2.07. The van der Waals surface area contributed by atoms with E-state index in [0.717, 1.165) is 0 Å². The molecule has 0 unspecified atom stereocenters. The number of carboxylic acid groups (broad SMARTS) is 2. The van der Waals surface area contributed by atoms with Gasteiger partial charge in [0.05, 0.1) is 0 Å². The molecule has 0 spiro atoms. The average molecular weight is 394 g/mol. The second-order valence-corrected chi connectivity index (χ2v) is 5.94. The first-order valence-corrected chi connectivity index (χ1v) is 7.99. The number of hydrogen-bond donors (Lipinski definition) is 8. The van der Waals surface area contributed by atoms with Gasteiger partial charge in [-0.25, -0.2) is 0 Å². The summed E-state index contributed by atoms with van der Waals surface area (Å²) in [5.74, 6) is -3.23. The van der Waals surface area contributed by atoms with Crippen molar-refractivity contribution in [2.45, 2.75) is 24.9 Å². The van der Waals surface area contributed by atoms with E-state index in [1.807, 2.05) is 0 Å². The molecule has 10 nitrogen and oxygen atoms in total. The number of hydrogen-bond acceptors (Lipinski definition) is 8. The lowest BCUT2D eigenvalue weighted by atomic mass is 10.1. The van der Waals surface area contributed by atoms with E-state index in [-0.39, 0.29) is 35.8 Å². The van der Waals surface area contributed by atoms with Gasteiger partial charge in [0.15, 0.2) is 23.0 Å². The minimum absolute atomic E-state index is 0.114. The fourth-order valence-electron chi connectivity index (χ4n) is 2.07. The molecule has 0 bridgehead atoms. The van der Waals surface area contributed by atoms with Gasteiger partial charge in [0.2, 0.25) is 0 Å². The average Bonchev–Trinajstić information content (AvgIpc) is 2.61. The van der Waals surface area contributed by atoms with E-state index in [0.29, 0.717) is 11.1 Å². The molecule has 2 aromatic rings. The Morgan fingerprint density at radius 2 is 1.00 bits per heavy atom. The Bertz CT molecular complexity index is 771. The molecule has 10 N–H and O–H groups in total. The minimum atomic E-state index is -1.10. The van der Waals surface area contributed by atoms with Gasteiger partial charge < -0.3 is 42.1 Å². The summed E-state index contributed by atoms with van der Waals surface area (Å²) in [6.45, 7) is 0. The third-order valence-electron chi connectivity index (χ3n) is 3.63. The van der Waals surface area contributed by atoms with Gasteiger partial charge in [-0.15, -0.1) is 0 Å². The highest BCUT2D eigenvalue weighted by Crippen LogP contribution is 2.26. The van der Waals surface area contributed by atoms with Crippen LogP contribution in [0.1, 0.15) is 11.1 Å². The molecule has 2 atom stereocenters. The van der Waals surface area contributed by atoms with Crippen LogP contribution in [0.5, 0.6) is 23.0 Å². The van der Waals surface area contributed by atoms with Crippen molar-refractivity contribution < 1.29 is 40.2 Å². The molecule has 2 aromatic carbocycles. The Labute approximate surface area is 159 Å². The number of aromatic hydroxyl groups is 4. The van der Waals surface area contributed by atoms with Crippen molar-refractivity contribution in [3.63, 3.8) is 0 Å². The third-order valence-corrected chi connectivity index (χ3v) is 3.63. The number of phenols is 4. The van der Waals surface area contributed by atoms with E-state index < -0.39 is 24.0 Å². The topological polar surface area (TPSA) is 208 Å². The van der Waals surface area contributed by atoms with Crippen LogP contribution in [0.2, 0.25) is 0 Å². The standard InChI is InChI=1S/2C9H11NO4/c2*10-6(9(13)14)3-5-1-2-7(11)8(12)4-5/h2*1-2,4,6,11-12H,3,10H2,(H,13,14)/t2*6-/m11/s1. The predicted molar refractivity (Wildman–Crippen MR) is 98.2 cm³/mol. The van der Waals surface area contributed by atoms with Crippen LogP contribution in [0, 0.1) is 0 Å². The van der Waals surface area contributed by atoms with Gasteiger partial charge in [0, 0.05) is 0 Å². The lowest BCUT2D eigenvalue weighted by molar-refractivity contribution is -0.139. The molecule has 0 saturated carbocycles. The summed E-state index contributed by atoms with van der Waals surface area (Å²) in [5, 5.41) is 53.3. The summed E-state index contributed by atoms with van der Waals surface area (Å²) in [4.78, 5) is 20.8. The van der Waals surface area contributed by atoms with E-state index in [2.05, 4.69) is 0 Å². The van der Waals surface area contributed by atoms with Crippen LogP contribution in [0.4, 0.5) is 0 Å². The molecule has 0 aliphatic carbocycles. The molecule has 2 rings (SSSR count). The first kappa shape index (κ1) is 22.5. The number of rotatable bonds is 6. The molecular formula is C18H22N2O8. The van der Waals surface area contributed by atoms with E-state index in [1.54, 1.807) is 0 Å². The molecule has 0 fully saturated rings. The number of phenolic OH excluding ortho intramolecular Hbond substituents is 4. The minimum Gasteiger partial charge on any atom is -0.504 e. The maximum absolute atomic E-state index is 10.4. The molecule has 0 aromatic heterocycles. The number of carbonyl (C=O) groups is 2. The Morgan fingerprint density at radius 3 is 1.25 bits per heavy atom. The van der Waals surface area contributed by atoms with Crippen LogP contribution in [-0.4, -0.2) is 54.7 Å². The zero-order valence-electron chi connectivity index (χ0n) is 14.7. The van der Waals surface area contributed by atoms with Gasteiger partial charge in [-0.3, -0.25) is 9.59 Å². The van der Waals surface area contributed by atoms with E-state index in [9.17, 15) is 9.59 Å². The SMILES string of the molecule is N[C@H](Cc1ccc(O)c(O)c1)C(=O)O.N[C@H](Cc1ccc(O)c(O)c1)C(=O)O. The van der Waals surface area contributed by atoms with Crippen LogP contribution in [-0.2, 0) is 22.4 Å². The second kappa shape index (κ2) is 10.00. The van der Waals surface area contributed by atoms with Gasteiger partial charge in [0.1, 0.15) is 12.1 Å². The lowest BCUT2D eigenvalue weighted by Gasteiger charge is -2.06. The summed E-state index contributed by atoms with van der Waals surface area (Å²) in [6.07, 6.45) is 0.229. The van der Waals surface area contributed by atoms with Gasteiger partial charge in [-0.1, -0.05) is 12.1 Å². The van der Waals surface area contributed by atoms with Crippen LogP contribution in [0.3, 0.4) is 0 Å². The van der Waals surface area contributed by atoms with E-state index in [4.69, 9.17) is 42.1 Å². The van der Waals surface area contributed by atoms with Crippen LogP contribution >= 0.6 is 0 Å². The van der Waals surface area contributed by atoms with Crippen LogP contribution in [0.15, 0.2) is 36.4 Å². The Balaban J connectivity index is 0.000000280. The Morgan fingerprint density at radius 1 is 0.679 bits per heavy atom. The molecule has 0 radical (unpaired) electrons. The Hall–Kier alpha value is -3.50. The highest BCUT2D eigenvalue weighted by molar-refractivity contribution is 5.74.